The highest BCUT2D eigenvalue weighted by Crippen LogP contribution is 2.37. The molecule has 1 aromatic rings. The summed E-state index contributed by atoms with van der Waals surface area (Å²) in [5, 5.41) is 9.55. The Hall–Kier alpha value is -0.940. The third-order valence-electron chi connectivity index (χ3n) is 4.69. The van der Waals surface area contributed by atoms with Crippen molar-refractivity contribution in [3.63, 3.8) is 0 Å². The highest BCUT2D eigenvalue weighted by molar-refractivity contribution is 9.10. The average Bonchev–Trinajstić information content (AvgIpc) is 2.48. The summed E-state index contributed by atoms with van der Waals surface area (Å²) in [5.41, 5.74) is -0.0868. The number of halogens is 2. The van der Waals surface area contributed by atoms with E-state index in [1.54, 1.807) is 12.1 Å². The molecule has 1 heterocycles. The fraction of sp³-hybridized carbons (Fsp3) is 0.562. The van der Waals surface area contributed by atoms with E-state index in [2.05, 4.69) is 20.8 Å². The number of hydrogen-bond donors (Lipinski definition) is 1. The van der Waals surface area contributed by atoms with Gasteiger partial charge in [-0.2, -0.15) is 0 Å². The lowest BCUT2D eigenvalue weighted by atomic mass is 9.77. The molecule has 0 aliphatic carbocycles. The molecule has 2 rings (SSSR count). The zero-order valence-corrected chi connectivity index (χ0v) is 14.0. The van der Waals surface area contributed by atoms with Crippen molar-refractivity contribution in [2.75, 3.05) is 13.1 Å². The molecule has 1 fully saturated rings. The molecule has 0 spiro atoms. The first kappa shape index (κ1) is 16.4. The lowest BCUT2D eigenvalue weighted by molar-refractivity contribution is -0.153. The molecule has 1 aromatic carbocycles. The number of carbonyl (C=O) groups is 1. The van der Waals surface area contributed by atoms with Gasteiger partial charge in [-0.25, -0.2) is 4.39 Å². The Morgan fingerprint density at radius 2 is 2.29 bits per heavy atom. The summed E-state index contributed by atoms with van der Waals surface area (Å²) in [6, 6.07) is 4.77. The number of hydrogen-bond acceptors (Lipinski definition) is 2. The summed E-state index contributed by atoms with van der Waals surface area (Å²) >= 11 is 3.37. The molecule has 1 aliphatic heterocycles. The zero-order chi connectivity index (χ0) is 15.6. The third-order valence-corrected chi connectivity index (χ3v) is 5.19. The maximum atomic E-state index is 14.0. The number of benzene rings is 1. The SMILES string of the molecule is CCC1(C(=O)O)CCCN(C(C)c2cc(Br)ccc2F)C1. The van der Waals surface area contributed by atoms with E-state index in [1.165, 1.54) is 6.07 Å². The number of carboxylic acid groups (broad SMARTS) is 1. The first-order chi connectivity index (χ1) is 9.89. The van der Waals surface area contributed by atoms with Crippen molar-refractivity contribution in [3.05, 3.63) is 34.1 Å². The van der Waals surface area contributed by atoms with Gasteiger partial charge in [-0.1, -0.05) is 22.9 Å². The predicted molar refractivity (Wildman–Crippen MR) is 83.7 cm³/mol. The normalized spacial score (nSPS) is 24.8. The summed E-state index contributed by atoms with van der Waals surface area (Å²) in [6.45, 7) is 5.15. The molecule has 2 atom stereocenters. The van der Waals surface area contributed by atoms with Crippen molar-refractivity contribution in [2.45, 2.75) is 39.2 Å². The molecule has 1 saturated heterocycles. The highest BCUT2D eigenvalue weighted by atomic mass is 79.9. The smallest absolute Gasteiger partial charge is 0.310 e. The van der Waals surface area contributed by atoms with Crippen molar-refractivity contribution < 1.29 is 14.3 Å². The van der Waals surface area contributed by atoms with E-state index < -0.39 is 11.4 Å². The summed E-state index contributed by atoms with van der Waals surface area (Å²) in [7, 11) is 0. The van der Waals surface area contributed by atoms with E-state index in [1.807, 2.05) is 13.8 Å². The fourth-order valence-electron chi connectivity index (χ4n) is 3.14. The Labute approximate surface area is 133 Å². The number of likely N-dealkylation sites (tertiary alicyclic amines) is 1. The first-order valence-electron chi connectivity index (χ1n) is 7.32. The summed E-state index contributed by atoms with van der Waals surface area (Å²) < 4.78 is 14.9. The number of aliphatic carboxylic acids is 1. The van der Waals surface area contributed by atoms with Crippen LogP contribution in [0.1, 0.15) is 44.7 Å². The Bertz CT molecular complexity index is 537. The van der Waals surface area contributed by atoms with Gasteiger partial charge in [-0.3, -0.25) is 9.69 Å². The van der Waals surface area contributed by atoms with Gasteiger partial charge in [0.2, 0.25) is 0 Å². The van der Waals surface area contributed by atoms with Gasteiger partial charge in [0.25, 0.3) is 0 Å². The molecular weight excluding hydrogens is 337 g/mol. The van der Waals surface area contributed by atoms with Crippen LogP contribution in [0.2, 0.25) is 0 Å². The summed E-state index contributed by atoms with van der Waals surface area (Å²) in [6.07, 6.45) is 2.13. The van der Waals surface area contributed by atoms with Crippen LogP contribution in [-0.4, -0.2) is 29.1 Å². The molecule has 0 amide bonds. The second kappa shape index (κ2) is 6.44. The summed E-state index contributed by atoms with van der Waals surface area (Å²) in [4.78, 5) is 13.7. The minimum atomic E-state index is -0.739. The second-order valence-electron chi connectivity index (χ2n) is 5.85. The minimum absolute atomic E-state index is 0.131. The monoisotopic (exact) mass is 357 g/mol. The van der Waals surface area contributed by atoms with E-state index in [-0.39, 0.29) is 11.9 Å². The van der Waals surface area contributed by atoms with Crippen LogP contribution in [0.3, 0.4) is 0 Å². The van der Waals surface area contributed by atoms with Crippen LogP contribution >= 0.6 is 15.9 Å². The predicted octanol–water partition coefficient (Wildman–Crippen LogP) is 4.23. The molecule has 21 heavy (non-hydrogen) atoms. The molecule has 116 valence electrons. The Morgan fingerprint density at radius 3 is 2.90 bits per heavy atom. The Kier molecular flexibility index (Phi) is 5.04. The summed E-state index contributed by atoms with van der Waals surface area (Å²) in [5.74, 6) is -0.981. The zero-order valence-electron chi connectivity index (χ0n) is 12.4. The highest BCUT2D eigenvalue weighted by Gasteiger charge is 2.42. The maximum Gasteiger partial charge on any atom is 0.310 e. The molecule has 0 bridgehead atoms. The standard InChI is InChI=1S/C16H21BrFNO2/c1-3-16(15(20)21)7-4-8-19(10-16)11(2)13-9-12(17)5-6-14(13)18/h5-6,9,11H,3-4,7-8,10H2,1-2H3,(H,20,21). The lowest BCUT2D eigenvalue weighted by Gasteiger charge is -2.42. The van der Waals surface area contributed by atoms with Gasteiger partial charge in [0.1, 0.15) is 5.82 Å². The Morgan fingerprint density at radius 1 is 1.57 bits per heavy atom. The topological polar surface area (TPSA) is 40.5 Å². The van der Waals surface area contributed by atoms with Crippen molar-refractivity contribution in [3.8, 4) is 0 Å². The second-order valence-corrected chi connectivity index (χ2v) is 6.77. The lowest BCUT2D eigenvalue weighted by Crippen LogP contribution is -2.48. The van der Waals surface area contributed by atoms with Crippen molar-refractivity contribution >= 4 is 21.9 Å². The fourth-order valence-corrected chi connectivity index (χ4v) is 3.52. The van der Waals surface area contributed by atoms with Crippen LogP contribution in [0.25, 0.3) is 0 Å². The molecular formula is C16H21BrFNO2. The number of nitrogens with zero attached hydrogens (tertiary/aromatic N) is 1. The quantitative estimate of drug-likeness (QED) is 0.876. The molecule has 2 unspecified atom stereocenters. The molecule has 1 aliphatic rings. The molecule has 5 heteroatoms. The van der Waals surface area contributed by atoms with E-state index >= 15 is 0 Å². The van der Waals surface area contributed by atoms with Gasteiger partial charge in [0, 0.05) is 22.6 Å². The van der Waals surface area contributed by atoms with Crippen molar-refractivity contribution in [2.24, 2.45) is 5.41 Å². The van der Waals surface area contributed by atoms with Crippen LogP contribution in [0.15, 0.2) is 22.7 Å². The van der Waals surface area contributed by atoms with Crippen molar-refractivity contribution in [1.29, 1.82) is 0 Å². The van der Waals surface area contributed by atoms with E-state index in [0.717, 1.165) is 17.4 Å². The first-order valence-corrected chi connectivity index (χ1v) is 8.11. The van der Waals surface area contributed by atoms with Gasteiger partial charge < -0.3 is 5.11 Å². The molecule has 1 N–H and O–H groups in total. The number of rotatable bonds is 4. The van der Waals surface area contributed by atoms with Gasteiger partial charge >= 0.3 is 5.97 Å². The minimum Gasteiger partial charge on any atom is -0.481 e. The average molecular weight is 358 g/mol. The Balaban J connectivity index is 2.25. The van der Waals surface area contributed by atoms with Crippen LogP contribution in [0.5, 0.6) is 0 Å². The number of carboxylic acids is 1. The molecule has 0 radical (unpaired) electrons. The largest absolute Gasteiger partial charge is 0.481 e. The van der Waals surface area contributed by atoms with Crippen LogP contribution in [0, 0.1) is 11.2 Å². The van der Waals surface area contributed by atoms with E-state index in [0.29, 0.717) is 24.9 Å². The molecule has 3 nitrogen and oxygen atoms in total. The van der Waals surface area contributed by atoms with Gasteiger partial charge in [0.05, 0.1) is 5.41 Å². The van der Waals surface area contributed by atoms with E-state index in [4.69, 9.17) is 0 Å². The third kappa shape index (κ3) is 3.29. The molecule has 0 saturated carbocycles. The van der Waals surface area contributed by atoms with E-state index in [9.17, 15) is 14.3 Å². The van der Waals surface area contributed by atoms with Gasteiger partial charge in [-0.15, -0.1) is 0 Å². The number of piperidine rings is 1. The van der Waals surface area contributed by atoms with Crippen molar-refractivity contribution in [1.82, 2.24) is 4.90 Å². The maximum absolute atomic E-state index is 14.0. The van der Waals surface area contributed by atoms with Crippen LogP contribution in [-0.2, 0) is 4.79 Å². The van der Waals surface area contributed by atoms with Crippen LogP contribution < -0.4 is 0 Å². The van der Waals surface area contributed by atoms with Gasteiger partial charge in [-0.05, 0) is 50.9 Å². The van der Waals surface area contributed by atoms with Crippen LogP contribution in [0.4, 0.5) is 4.39 Å². The van der Waals surface area contributed by atoms with Gasteiger partial charge in [0.15, 0.2) is 0 Å². The molecule has 0 aromatic heterocycles.